The molecule has 0 heterocycles. The maximum atomic E-state index is 10.6. The van der Waals surface area contributed by atoms with E-state index < -0.39 is 16.2 Å². The molecule has 2 nitrogen and oxygen atoms in total. The van der Waals surface area contributed by atoms with E-state index in [4.69, 9.17) is 8.42 Å². The molecule has 7 heteroatoms. The Morgan fingerprint density at radius 3 is 1.25 bits per heavy atom. The zero-order valence-electron chi connectivity index (χ0n) is 3.21. The van der Waals surface area contributed by atoms with Crippen LogP contribution in [0, 0.1) is 0 Å². The summed E-state index contributed by atoms with van der Waals surface area (Å²) in [7, 11) is -3.93. The molecule has 0 aliphatic rings. The summed E-state index contributed by atoms with van der Waals surface area (Å²) in [5.41, 5.74) is -5.08. The molecular weight excluding hydrogens is 234 g/mol. The monoisotopic (exact) mass is 235 g/mol. The van der Waals surface area contributed by atoms with Crippen molar-refractivity contribution in [1.82, 2.24) is 0 Å². The molecule has 0 aromatic rings. The fraction of sp³-hybridized carbons (Fsp3) is 1.00. The molecule has 0 bridgehead atoms. The fourth-order valence-corrected chi connectivity index (χ4v) is 0. The van der Waals surface area contributed by atoms with E-state index in [9.17, 15) is 13.2 Å². The molecule has 0 amide bonds. The summed E-state index contributed by atoms with van der Waals surface area (Å²) < 4.78 is 49.5. The van der Waals surface area contributed by atoms with Crippen molar-refractivity contribution in [3.8, 4) is 0 Å². The number of hydrogen-bond donors (Lipinski definition) is 0. The molecule has 0 aromatic heterocycles. The number of alkyl halides is 3. The molecule has 0 saturated carbocycles. The molecule has 8 heavy (non-hydrogen) atoms. The van der Waals surface area contributed by atoms with E-state index in [-0.39, 0.29) is 19.5 Å². The van der Waals surface area contributed by atoms with Crippen molar-refractivity contribution >= 4 is 10.7 Å². The Labute approximate surface area is 57.8 Å². The Kier molecular flexibility index (Phi) is 4.76. The van der Waals surface area contributed by atoms with Gasteiger partial charge in [0.2, 0.25) is 0 Å². The first-order chi connectivity index (χ1) is 2.94. The van der Waals surface area contributed by atoms with Crippen molar-refractivity contribution in [1.29, 1.82) is 0 Å². The van der Waals surface area contributed by atoms with E-state index in [1.807, 2.05) is 0 Å². The topological polar surface area (TPSA) is 34.1 Å². The molecule has 0 saturated heterocycles. The van der Waals surface area contributed by atoms with Crippen LogP contribution in [0.25, 0.3) is 0 Å². The second-order valence-electron chi connectivity index (χ2n) is 0.680. The first kappa shape index (κ1) is 11.2. The smallest absolute Gasteiger partial charge is 0.416 e. The summed E-state index contributed by atoms with van der Waals surface area (Å²) in [6, 6.07) is 0. The Hall–Kier alpha value is 0.363. The van der Waals surface area contributed by atoms with Crippen LogP contribution in [-0.2, 0) is 38.6 Å². The molecule has 0 N–H and O–H groups in total. The van der Waals surface area contributed by atoms with Gasteiger partial charge in [0, 0.05) is 10.7 Å². The van der Waals surface area contributed by atoms with Crippen LogP contribution in [-0.4, -0.2) is 5.51 Å². The van der Waals surface area contributed by atoms with Crippen LogP contribution in [0.3, 0.4) is 0 Å². The minimum absolute atomic E-state index is 0. The summed E-state index contributed by atoms with van der Waals surface area (Å²) in [4.78, 5) is 0. The van der Waals surface area contributed by atoms with Crippen molar-refractivity contribution in [2.75, 3.05) is 0 Å². The maximum absolute atomic E-state index is 10.6. The normalized spacial score (nSPS) is 11.0. The van der Waals surface area contributed by atoms with Crippen molar-refractivity contribution < 1.29 is 41.1 Å². The zero-order chi connectivity index (χ0) is 6.08. The summed E-state index contributed by atoms with van der Waals surface area (Å²) >= 11 is 0. The predicted molar refractivity (Wildman–Crippen MR) is 14.8 cm³/mol. The van der Waals surface area contributed by atoms with Gasteiger partial charge in [0.25, 0.3) is 0 Å². The minimum Gasteiger partial charge on any atom is -0.416 e. The molecule has 0 aromatic carbocycles. The number of rotatable bonds is 0. The molecule has 0 aliphatic heterocycles. The number of hydrogen-bond acceptors (Lipinski definition) is 3. The second-order valence-corrected chi connectivity index (χ2v) is 1.61. The quantitative estimate of drug-likeness (QED) is 0.459. The van der Waals surface area contributed by atoms with Gasteiger partial charge in [0.15, 0.2) is 0 Å². The third-order valence-corrected chi connectivity index (χ3v) is 0.567. The van der Waals surface area contributed by atoms with Crippen molar-refractivity contribution in [3.63, 3.8) is 0 Å². The van der Waals surface area contributed by atoms with E-state index in [2.05, 4.69) is 0 Å². The SMILES string of the molecule is O=[S-](=O)C(F)(F)F.[Ru+]. The Balaban J connectivity index is 0. The molecule has 0 spiro atoms. The fourth-order valence-electron chi connectivity index (χ4n) is 0. The predicted octanol–water partition coefficient (Wildman–Crippen LogP) is 0.813. The summed E-state index contributed by atoms with van der Waals surface area (Å²) in [5, 5.41) is 0. The average molecular weight is 234 g/mol. The summed E-state index contributed by atoms with van der Waals surface area (Å²) in [5.74, 6) is 0. The largest absolute Gasteiger partial charge is 1.00 e. The molecule has 0 fully saturated rings. The molecule has 0 aliphatic carbocycles. The van der Waals surface area contributed by atoms with Crippen LogP contribution in [0.15, 0.2) is 0 Å². The van der Waals surface area contributed by atoms with Gasteiger partial charge in [-0.1, -0.05) is 0 Å². The van der Waals surface area contributed by atoms with Crippen LogP contribution in [0.4, 0.5) is 13.2 Å². The zero-order valence-corrected chi connectivity index (χ0v) is 5.77. The molecule has 0 unspecified atom stereocenters. The van der Waals surface area contributed by atoms with Crippen LogP contribution < -0.4 is 0 Å². The van der Waals surface area contributed by atoms with Crippen molar-refractivity contribution in [2.45, 2.75) is 5.51 Å². The maximum Gasteiger partial charge on any atom is 1.00 e. The first-order valence-corrected chi connectivity index (χ1v) is 2.18. The summed E-state index contributed by atoms with van der Waals surface area (Å²) in [6.45, 7) is 0. The van der Waals surface area contributed by atoms with E-state index in [1.54, 1.807) is 0 Å². The van der Waals surface area contributed by atoms with Crippen LogP contribution >= 0.6 is 0 Å². The van der Waals surface area contributed by atoms with Gasteiger partial charge < -0.3 is 8.42 Å². The van der Waals surface area contributed by atoms with Gasteiger partial charge in [-0.05, 0) is 0 Å². The second kappa shape index (κ2) is 3.40. The van der Waals surface area contributed by atoms with Gasteiger partial charge in [-0.2, -0.15) is 13.2 Å². The Bertz CT molecular complexity index is 118. The van der Waals surface area contributed by atoms with Gasteiger partial charge >= 0.3 is 25.0 Å². The third-order valence-electron chi connectivity index (χ3n) is 0.189. The van der Waals surface area contributed by atoms with Gasteiger partial charge in [0.1, 0.15) is 0 Å². The van der Waals surface area contributed by atoms with Crippen molar-refractivity contribution in [2.24, 2.45) is 0 Å². The average Bonchev–Trinajstić information content (AvgIpc) is 1.31. The van der Waals surface area contributed by atoms with Crippen molar-refractivity contribution in [3.05, 3.63) is 0 Å². The van der Waals surface area contributed by atoms with E-state index in [0.717, 1.165) is 0 Å². The van der Waals surface area contributed by atoms with Gasteiger partial charge in [0.05, 0.1) is 0 Å². The molecule has 51 valence electrons. The van der Waals surface area contributed by atoms with E-state index >= 15 is 0 Å². The molecule has 0 rings (SSSR count). The molecular formula is CF3O2RuS. The van der Waals surface area contributed by atoms with Crippen LogP contribution in [0.1, 0.15) is 0 Å². The Morgan fingerprint density at radius 2 is 1.25 bits per heavy atom. The van der Waals surface area contributed by atoms with E-state index in [0.29, 0.717) is 0 Å². The first-order valence-electron chi connectivity index (χ1n) is 1.10. The molecule has 0 atom stereocenters. The van der Waals surface area contributed by atoms with E-state index in [1.165, 1.54) is 0 Å². The van der Waals surface area contributed by atoms with Gasteiger partial charge in [-0.25, -0.2) is 0 Å². The minimum atomic E-state index is -5.08. The molecule has 1 radical (unpaired) electrons. The summed E-state index contributed by atoms with van der Waals surface area (Å²) in [6.07, 6.45) is 0. The third kappa shape index (κ3) is 4.52. The standard InChI is InChI=1S/CF3O2S.Ru/c2-1(3,4)7(5)6;/q-1;+1. The van der Waals surface area contributed by atoms with Gasteiger partial charge in [-0.15, -0.1) is 0 Å². The van der Waals surface area contributed by atoms with Gasteiger partial charge in [-0.3, -0.25) is 0 Å². The van der Waals surface area contributed by atoms with Crippen LogP contribution in [0.2, 0.25) is 0 Å². The number of halogens is 3. The van der Waals surface area contributed by atoms with Crippen LogP contribution in [0.5, 0.6) is 0 Å². The Morgan fingerprint density at radius 1 is 1.12 bits per heavy atom.